The molecule has 0 atom stereocenters. The number of anilines is 2. The van der Waals surface area contributed by atoms with Crippen LogP contribution in [0, 0.1) is 0 Å². The highest BCUT2D eigenvalue weighted by atomic mass is 32.2. The second-order valence-electron chi connectivity index (χ2n) is 9.48. The maximum atomic E-state index is 13.5. The molecular formula is C25H29N5O4SSi. The van der Waals surface area contributed by atoms with Crippen molar-refractivity contribution in [3.05, 3.63) is 78.8 Å². The van der Waals surface area contributed by atoms with E-state index in [1.807, 2.05) is 24.3 Å². The number of hydrogen-bond donors (Lipinski definition) is 2. The molecule has 1 amide bonds. The normalized spacial score (nSPS) is 12.0. The standard InChI is InChI=1S/C25H29N5O4SSi/c1-36(2,3)16-15-34-18-30(25-26-13-6-14-27-25)35(32,33)20-11-9-19(10-12-20)29-24(31)22-17-28-23-8-5-4-7-21(22)23/h4-14,17,28H,15-16,18H2,1-3H3,(H,29,31). The summed E-state index contributed by atoms with van der Waals surface area (Å²) in [7, 11) is -5.34. The Hall–Kier alpha value is -3.54. The molecule has 9 nitrogen and oxygen atoms in total. The number of hydrogen-bond acceptors (Lipinski definition) is 6. The molecule has 4 aromatic rings. The van der Waals surface area contributed by atoms with Crippen LogP contribution >= 0.6 is 0 Å². The zero-order chi connectivity index (χ0) is 25.8. The van der Waals surface area contributed by atoms with Crippen molar-refractivity contribution in [3.8, 4) is 0 Å². The van der Waals surface area contributed by atoms with Crippen molar-refractivity contribution >= 4 is 46.5 Å². The molecule has 0 aliphatic carbocycles. The van der Waals surface area contributed by atoms with Gasteiger partial charge in [0.2, 0.25) is 5.95 Å². The van der Waals surface area contributed by atoms with E-state index in [9.17, 15) is 13.2 Å². The number of carbonyl (C=O) groups excluding carboxylic acids is 1. The topological polar surface area (TPSA) is 117 Å². The maximum Gasteiger partial charge on any atom is 0.268 e. The first-order chi connectivity index (χ1) is 17.1. The monoisotopic (exact) mass is 523 g/mol. The smallest absolute Gasteiger partial charge is 0.268 e. The van der Waals surface area contributed by atoms with Crippen molar-refractivity contribution in [2.45, 2.75) is 30.6 Å². The van der Waals surface area contributed by atoms with Gasteiger partial charge >= 0.3 is 0 Å². The van der Waals surface area contributed by atoms with E-state index in [1.165, 1.54) is 24.5 Å². The summed E-state index contributed by atoms with van der Waals surface area (Å²) in [6.45, 7) is 6.93. The SMILES string of the molecule is C[Si](C)(C)CCOCN(c1ncccn1)S(=O)(=O)c1ccc(NC(=O)c2c[nH]c3ccccc23)cc1. The van der Waals surface area contributed by atoms with Crippen LogP contribution in [-0.4, -0.2) is 50.7 Å². The molecule has 0 bridgehead atoms. The summed E-state index contributed by atoms with van der Waals surface area (Å²) >= 11 is 0. The molecule has 0 spiro atoms. The summed E-state index contributed by atoms with van der Waals surface area (Å²) in [4.78, 5) is 24.1. The largest absolute Gasteiger partial charge is 0.360 e. The zero-order valence-electron chi connectivity index (χ0n) is 20.4. The summed E-state index contributed by atoms with van der Waals surface area (Å²) in [6, 6.07) is 16.0. The van der Waals surface area contributed by atoms with Gasteiger partial charge in [-0.3, -0.25) is 4.79 Å². The lowest BCUT2D eigenvalue weighted by Gasteiger charge is -2.23. The average molecular weight is 524 g/mol. The highest BCUT2D eigenvalue weighted by molar-refractivity contribution is 7.92. The van der Waals surface area contributed by atoms with Gasteiger partial charge in [0.1, 0.15) is 6.73 Å². The van der Waals surface area contributed by atoms with Gasteiger partial charge in [0.25, 0.3) is 15.9 Å². The fourth-order valence-electron chi connectivity index (χ4n) is 3.48. The number of fused-ring (bicyclic) bond motifs is 1. The number of para-hydroxylation sites is 1. The molecule has 0 saturated carbocycles. The third-order valence-corrected chi connectivity index (χ3v) is 8.94. The first-order valence-corrected chi connectivity index (χ1v) is 16.6. The molecule has 0 aliphatic heterocycles. The van der Waals surface area contributed by atoms with Crippen LogP contribution < -0.4 is 9.62 Å². The zero-order valence-corrected chi connectivity index (χ0v) is 22.2. The van der Waals surface area contributed by atoms with E-state index in [1.54, 1.807) is 24.4 Å². The van der Waals surface area contributed by atoms with Crippen LogP contribution in [-0.2, 0) is 14.8 Å². The summed E-state index contributed by atoms with van der Waals surface area (Å²) in [5.74, 6) is -0.264. The minimum absolute atomic E-state index is 0.0298. The molecule has 36 heavy (non-hydrogen) atoms. The van der Waals surface area contributed by atoms with Gasteiger partial charge in [0.05, 0.1) is 10.5 Å². The van der Waals surface area contributed by atoms with E-state index in [0.717, 1.165) is 21.3 Å². The van der Waals surface area contributed by atoms with E-state index >= 15 is 0 Å². The fraction of sp³-hybridized carbons (Fsp3) is 0.240. The van der Waals surface area contributed by atoms with Gasteiger partial charge in [0, 0.05) is 49.9 Å². The van der Waals surface area contributed by atoms with Gasteiger partial charge < -0.3 is 15.0 Å². The predicted molar refractivity (Wildman–Crippen MR) is 143 cm³/mol. The molecule has 0 fully saturated rings. The number of nitrogens with zero attached hydrogens (tertiary/aromatic N) is 3. The Kier molecular flexibility index (Phi) is 7.53. The molecular weight excluding hydrogens is 494 g/mol. The van der Waals surface area contributed by atoms with Crippen molar-refractivity contribution in [1.29, 1.82) is 0 Å². The van der Waals surface area contributed by atoms with Crippen molar-refractivity contribution in [1.82, 2.24) is 15.0 Å². The van der Waals surface area contributed by atoms with Crippen molar-refractivity contribution in [2.75, 3.05) is 23.0 Å². The second-order valence-corrected chi connectivity index (χ2v) is 17.0. The highest BCUT2D eigenvalue weighted by Gasteiger charge is 2.27. The Bertz CT molecular complexity index is 1430. The molecule has 0 aliphatic rings. The van der Waals surface area contributed by atoms with Crippen molar-refractivity contribution in [2.24, 2.45) is 0 Å². The molecule has 0 radical (unpaired) electrons. The molecule has 2 aromatic heterocycles. The molecule has 188 valence electrons. The third kappa shape index (κ3) is 5.98. The quantitative estimate of drug-likeness (QED) is 0.176. The van der Waals surface area contributed by atoms with Crippen LogP contribution in [0.1, 0.15) is 10.4 Å². The summed E-state index contributed by atoms with van der Waals surface area (Å²) < 4.78 is 33.7. The van der Waals surface area contributed by atoms with Crippen LogP contribution in [0.3, 0.4) is 0 Å². The Morgan fingerprint density at radius 1 is 1.03 bits per heavy atom. The van der Waals surface area contributed by atoms with E-state index in [4.69, 9.17) is 4.74 Å². The van der Waals surface area contributed by atoms with Crippen LogP contribution in [0.2, 0.25) is 25.7 Å². The predicted octanol–water partition coefficient (Wildman–Crippen LogP) is 4.72. The summed E-state index contributed by atoms with van der Waals surface area (Å²) in [6.07, 6.45) is 4.62. The number of sulfonamides is 1. The molecule has 11 heteroatoms. The number of nitrogens with one attached hydrogen (secondary N) is 2. The first-order valence-electron chi connectivity index (χ1n) is 11.5. The highest BCUT2D eigenvalue weighted by Crippen LogP contribution is 2.23. The van der Waals surface area contributed by atoms with Gasteiger partial charge in [0.15, 0.2) is 0 Å². The molecule has 0 saturated heterocycles. The van der Waals surface area contributed by atoms with E-state index in [2.05, 4.69) is 39.9 Å². The number of H-pyrrole nitrogens is 1. The average Bonchev–Trinajstić information content (AvgIpc) is 3.28. The molecule has 0 unspecified atom stereocenters. The number of rotatable bonds is 10. The maximum absolute atomic E-state index is 13.5. The van der Waals surface area contributed by atoms with Gasteiger partial charge in [-0.1, -0.05) is 37.8 Å². The Morgan fingerprint density at radius 2 is 1.72 bits per heavy atom. The summed E-state index contributed by atoms with van der Waals surface area (Å²) in [5.41, 5.74) is 1.84. The minimum atomic E-state index is -4.01. The van der Waals surface area contributed by atoms with Gasteiger partial charge in [-0.2, -0.15) is 0 Å². The third-order valence-electron chi connectivity index (χ3n) is 5.51. The minimum Gasteiger partial charge on any atom is -0.360 e. The number of ether oxygens (including phenoxy) is 1. The van der Waals surface area contributed by atoms with Gasteiger partial charge in [-0.25, -0.2) is 22.7 Å². The van der Waals surface area contributed by atoms with E-state index in [-0.39, 0.29) is 23.5 Å². The van der Waals surface area contributed by atoms with Crippen LogP contribution in [0.4, 0.5) is 11.6 Å². The molecule has 4 rings (SSSR count). The van der Waals surface area contributed by atoms with E-state index in [0.29, 0.717) is 17.9 Å². The van der Waals surface area contributed by atoms with Crippen LogP contribution in [0.5, 0.6) is 0 Å². The van der Waals surface area contributed by atoms with E-state index < -0.39 is 18.1 Å². The number of benzene rings is 2. The Morgan fingerprint density at radius 3 is 2.42 bits per heavy atom. The van der Waals surface area contributed by atoms with Gasteiger partial charge in [-0.15, -0.1) is 0 Å². The lowest BCUT2D eigenvalue weighted by molar-refractivity contribution is 0.102. The summed E-state index contributed by atoms with van der Waals surface area (Å²) in [5, 5.41) is 3.63. The number of aromatic amines is 1. The van der Waals surface area contributed by atoms with Crippen molar-refractivity contribution < 1.29 is 17.9 Å². The Balaban J connectivity index is 1.51. The lowest BCUT2D eigenvalue weighted by Crippen LogP contribution is -2.35. The second kappa shape index (κ2) is 10.6. The van der Waals surface area contributed by atoms with Gasteiger partial charge in [-0.05, 0) is 42.4 Å². The number of carbonyl (C=O) groups is 1. The molecule has 2 heterocycles. The molecule has 2 aromatic carbocycles. The number of aromatic nitrogens is 3. The first kappa shape index (κ1) is 25.5. The van der Waals surface area contributed by atoms with Crippen molar-refractivity contribution in [3.63, 3.8) is 0 Å². The molecule has 2 N–H and O–H groups in total. The number of amides is 1. The fourth-order valence-corrected chi connectivity index (χ4v) is 5.49. The van der Waals surface area contributed by atoms with Crippen LogP contribution in [0.25, 0.3) is 10.9 Å². The van der Waals surface area contributed by atoms with Crippen LogP contribution in [0.15, 0.2) is 78.1 Å². The lowest BCUT2D eigenvalue weighted by atomic mass is 10.1. The Labute approximate surface area is 211 Å².